The first-order valence-electron chi connectivity index (χ1n) is 8.52. The van der Waals surface area contributed by atoms with E-state index < -0.39 is 0 Å². The van der Waals surface area contributed by atoms with Gasteiger partial charge in [-0.05, 0) is 31.2 Å². The number of aliphatic imine (C=N–C) groups is 1. The zero-order chi connectivity index (χ0) is 20.1. The average Bonchev–Trinajstić information content (AvgIpc) is 2.67. The number of nitrogens with zero attached hydrogens (tertiary/aromatic N) is 3. The molecule has 0 unspecified atom stereocenters. The average molecular weight is 368 g/mol. The number of rotatable bonds is 3. The highest BCUT2D eigenvalue weighted by atomic mass is 14.9. The van der Waals surface area contributed by atoms with E-state index >= 15 is 0 Å². The molecule has 2 heterocycles. The summed E-state index contributed by atoms with van der Waals surface area (Å²) in [6.45, 7) is 5.45. The van der Waals surface area contributed by atoms with Crippen LogP contribution >= 0.6 is 0 Å². The summed E-state index contributed by atoms with van der Waals surface area (Å²) in [6, 6.07) is 13.2. The Balaban J connectivity index is 2.11. The lowest BCUT2D eigenvalue weighted by atomic mass is 9.99. The minimum absolute atomic E-state index is 0.158. The molecule has 2 aromatic heterocycles. The summed E-state index contributed by atoms with van der Waals surface area (Å²) >= 11 is 0. The molecule has 0 bridgehead atoms. The first kappa shape index (κ1) is 18.7. The highest BCUT2D eigenvalue weighted by Crippen LogP contribution is 2.18. The van der Waals surface area contributed by atoms with Crippen LogP contribution in [-0.2, 0) is 0 Å². The molecule has 0 fully saturated rings. The van der Waals surface area contributed by atoms with E-state index in [1.54, 1.807) is 31.5 Å². The van der Waals surface area contributed by atoms with Crippen molar-refractivity contribution in [3.05, 3.63) is 89.7 Å². The van der Waals surface area contributed by atoms with Gasteiger partial charge in [0.1, 0.15) is 11.6 Å². The fourth-order valence-corrected chi connectivity index (χ4v) is 2.58. The van der Waals surface area contributed by atoms with Crippen LogP contribution in [0.1, 0.15) is 18.1 Å². The van der Waals surface area contributed by atoms with Gasteiger partial charge < -0.3 is 17.2 Å². The van der Waals surface area contributed by atoms with Crippen LogP contribution in [0.15, 0.2) is 83.5 Å². The van der Waals surface area contributed by atoms with E-state index in [0.717, 1.165) is 16.5 Å². The molecule has 28 heavy (non-hydrogen) atoms. The summed E-state index contributed by atoms with van der Waals surface area (Å²) in [7, 11) is 0. The molecule has 3 aromatic rings. The van der Waals surface area contributed by atoms with E-state index in [0.29, 0.717) is 28.4 Å². The molecular formula is C22H20N6. The van der Waals surface area contributed by atoms with E-state index in [2.05, 4.69) is 33.4 Å². The van der Waals surface area contributed by atoms with Crippen molar-refractivity contribution in [3.63, 3.8) is 0 Å². The third-order valence-corrected chi connectivity index (χ3v) is 3.88. The molecule has 1 aromatic carbocycles. The van der Waals surface area contributed by atoms with E-state index in [-0.39, 0.29) is 5.82 Å². The normalized spacial score (nSPS) is 12.1. The second kappa shape index (κ2) is 8.06. The third kappa shape index (κ3) is 4.34. The molecule has 0 saturated heterocycles. The zero-order valence-electron chi connectivity index (χ0n) is 15.5. The Morgan fingerprint density at radius 1 is 1.11 bits per heavy atom. The molecule has 0 aliphatic carbocycles. The van der Waals surface area contributed by atoms with E-state index in [1.165, 1.54) is 0 Å². The number of pyridine rings is 2. The second-order valence-electron chi connectivity index (χ2n) is 6.14. The minimum atomic E-state index is 0.158. The van der Waals surface area contributed by atoms with Crippen molar-refractivity contribution in [1.29, 1.82) is 0 Å². The van der Waals surface area contributed by atoms with Gasteiger partial charge in [-0.1, -0.05) is 36.6 Å². The molecular weight excluding hydrogens is 348 g/mol. The van der Waals surface area contributed by atoms with Gasteiger partial charge in [-0.2, -0.15) is 0 Å². The van der Waals surface area contributed by atoms with Gasteiger partial charge in [0, 0.05) is 34.6 Å². The van der Waals surface area contributed by atoms with Gasteiger partial charge in [-0.25, -0.2) is 9.98 Å². The smallest absolute Gasteiger partial charge is 0.123 e. The van der Waals surface area contributed by atoms with E-state index in [9.17, 15) is 0 Å². The molecule has 138 valence electrons. The number of allylic oxidation sites excluding steroid dienone is 2. The SMILES string of the molecule is C=C(N)/N=C(\C(C#Cc1ccc(N)nc1)=C(\C)N)c1ccc2cccnc2c1. The van der Waals surface area contributed by atoms with Crippen molar-refractivity contribution in [2.75, 3.05) is 5.73 Å². The van der Waals surface area contributed by atoms with Gasteiger partial charge in [0.25, 0.3) is 0 Å². The molecule has 0 amide bonds. The van der Waals surface area contributed by atoms with Crippen LogP contribution in [0.2, 0.25) is 0 Å². The largest absolute Gasteiger partial charge is 0.401 e. The van der Waals surface area contributed by atoms with Crippen molar-refractivity contribution >= 4 is 22.4 Å². The van der Waals surface area contributed by atoms with Gasteiger partial charge in [0.15, 0.2) is 0 Å². The summed E-state index contributed by atoms with van der Waals surface area (Å²) in [5.74, 6) is 6.71. The fraction of sp³-hybridized carbons (Fsp3) is 0.0455. The maximum Gasteiger partial charge on any atom is 0.123 e. The predicted octanol–water partition coefficient (Wildman–Crippen LogP) is 2.72. The summed E-state index contributed by atoms with van der Waals surface area (Å²) in [5, 5.41) is 1.02. The van der Waals surface area contributed by atoms with Crippen LogP contribution in [0.3, 0.4) is 0 Å². The van der Waals surface area contributed by atoms with E-state index in [1.807, 2.05) is 30.3 Å². The topological polar surface area (TPSA) is 116 Å². The molecule has 6 heteroatoms. The highest BCUT2D eigenvalue weighted by molar-refractivity contribution is 6.17. The Labute approximate surface area is 163 Å². The number of benzene rings is 1. The molecule has 0 aliphatic rings. The van der Waals surface area contributed by atoms with Crippen molar-refractivity contribution in [3.8, 4) is 11.8 Å². The summed E-state index contributed by atoms with van der Waals surface area (Å²) in [5.41, 5.74) is 21.5. The zero-order valence-corrected chi connectivity index (χ0v) is 15.5. The first-order valence-corrected chi connectivity index (χ1v) is 8.52. The van der Waals surface area contributed by atoms with Gasteiger partial charge >= 0.3 is 0 Å². The number of nitrogens with two attached hydrogens (primary N) is 3. The molecule has 0 atom stereocenters. The predicted molar refractivity (Wildman–Crippen MR) is 114 cm³/mol. The van der Waals surface area contributed by atoms with Gasteiger partial charge in [0.05, 0.1) is 16.8 Å². The van der Waals surface area contributed by atoms with Gasteiger partial charge in [-0.3, -0.25) is 4.98 Å². The molecule has 0 aliphatic heterocycles. The third-order valence-electron chi connectivity index (χ3n) is 3.88. The standard InChI is InChI=1S/C22H20N6/c1-14(23)19(9-5-16-6-10-21(25)27-13-16)22(28-15(2)24)18-8-7-17-4-3-11-26-20(17)12-18/h3-4,6-8,10-13H,2,23-24H2,1H3,(H2,25,27)/b19-14-,28-22-. The Hall–Kier alpha value is -4.11. The van der Waals surface area contributed by atoms with Crippen LogP contribution in [0.4, 0.5) is 5.82 Å². The van der Waals surface area contributed by atoms with Crippen LogP contribution in [-0.4, -0.2) is 15.7 Å². The number of hydrogen-bond acceptors (Lipinski definition) is 6. The molecule has 6 N–H and O–H groups in total. The molecule has 0 spiro atoms. The Kier molecular flexibility index (Phi) is 5.38. The summed E-state index contributed by atoms with van der Waals surface area (Å²) < 4.78 is 0. The number of aromatic nitrogens is 2. The van der Waals surface area contributed by atoms with Crippen LogP contribution in [0.25, 0.3) is 10.9 Å². The second-order valence-corrected chi connectivity index (χ2v) is 6.14. The lowest BCUT2D eigenvalue weighted by Crippen LogP contribution is -2.12. The quantitative estimate of drug-likeness (QED) is 0.485. The van der Waals surface area contributed by atoms with Crippen molar-refractivity contribution in [1.82, 2.24) is 9.97 Å². The van der Waals surface area contributed by atoms with Crippen molar-refractivity contribution < 1.29 is 0 Å². The summed E-state index contributed by atoms with van der Waals surface area (Å²) in [6.07, 6.45) is 3.34. The van der Waals surface area contributed by atoms with E-state index in [4.69, 9.17) is 17.2 Å². The fourth-order valence-electron chi connectivity index (χ4n) is 2.58. The van der Waals surface area contributed by atoms with Crippen molar-refractivity contribution in [2.45, 2.75) is 6.92 Å². The molecule has 0 saturated carbocycles. The van der Waals surface area contributed by atoms with Crippen LogP contribution in [0, 0.1) is 11.8 Å². The molecule has 0 radical (unpaired) electrons. The number of fused-ring (bicyclic) bond motifs is 1. The van der Waals surface area contributed by atoms with Crippen molar-refractivity contribution in [2.24, 2.45) is 16.5 Å². The maximum atomic E-state index is 6.13. The summed E-state index contributed by atoms with van der Waals surface area (Å²) in [4.78, 5) is 12.8. The maximum absolute atomic E-state index is 6.13. The van der Waals surface area contributed by atoms with Crippen LogP contribution in [0.5, 0.6) is 0 Å². The Bertz CT molecular complexity index is 1160. The highest BCUT2D eigenvalue weighted by Gasteiger charge is 2.12. The number of hydrogen-bond donors (Lipinski definition) is 3. The molecule has 3 rings (SSSR count). The number of anilines is 1. The lowest BCUT2D eigenvalue weighted by molar-refractivity contribution is 1.24. The van der Waals surface area contributed by atoms with Gasteiger partial charge in [-0.15, -0.1) is 0 Å². The Morgan fingerprint density at radius 3 is 2.61 bits per heavy atom. The first-order chi connectivity index (χ1) is 13.4. The van der Waals surface area contributed by atoms with Crippen LogP contribution < -0.4 is 17.2 Å². The lowest BCUT2D eigenvalue weighted by Gasteiger charge is -2.10. The monoisotopic (exact) mass is 368 g/mol. The molecule has 6 nitrogen and oxygen atoms in total. The Morgan fingerprint density at radius 2 is 1.93 bits per heavy atom. The van der Waals surface area contributed by atoms with Gasteiger partial charge in [0.2, 0.25) is 0 Å². The minimum Gasteiger partial charge on any atom is -0.401 e. The number of nitrogen functional groups attached to an aromatic ring is 1.